The molecule has 0 aliphatic carbocycles. The Bertz CT molecular complexity index is 364. The van der Waals surface area contributed by atoms with Crippen LogP contribution in [0, 0.1) is 0 Å². The number of carbonyl (C=O) groups excluding carboxylic acids is 2. The van der Waals surface area contributed by atoms with Gasteiger partial charge in [0.1, 0.15) is 13.2 Å². The van der Waals surface area contributed by atoms with E-state index in [4.69, 9.17) is 9.84 Å². The minimum atomic E-state index is -0.543. The second-order valence-corrected chi connectivity index (χ2v) is 5.10. The molecule has 0 aromatic rings. The van der Waals surface area contributed by atoms with Gasteiger partial charge in [-0.1, -0.05) is 39.8 Å². The van der Waals surface area contributed by atoms with Crippen molar-refractivity contribution < 1.29 is 29.3 Å². The predicted octanol–water partition coefficient (Wildman–Crippen LogP) is 2.14. The highest BCUT2D eigenvalue weighted by molar-refractivity contribution is 5.86. The lowest BCUT2D eigenvalue weighted by Crippen LogP contribution is -2.18. The molecule has 6 nitrogen and oxygen atoms in total. The highest BCUT2D eigenvalue weighted by Crippen LogP contribution is 1.99. The lowest BCUT2D eigenvalue weighted by Gasteiger charge is -2.09. The zero-order chi connectivity index (χ0) is 18.3. The van der Waals surface area contributed by atoms with Crippen molar-refractivity contribution in [2.24, 2.45) is 0 Å². The van der Waals surface area contributed by atoms with Gasteiger partial charge in [0.15, 0.2) is 0 Å². The third-order valence-electron chi connectivity index (χ3n) is 2.58. The minimum Gasteiger partial charge on any atom is -0.460 e. The molecule has 0 aliphatic rings. The maximum atomic E-state index is 10.8. The Hall–Kier alpha value is -1.66. The van der Waals surface area contributed by atoms with Crippen LogP contribution in [-0.4, -0.2) is 47.6 Å². The Morgan fingerprint density at radius 3 is 1.83 bits per heavy atom. The number of rotatable bonds is 10. The van der Waals surface area contributed by atoms with Crippen LogP contribution in [0.25, 0.3) is 0 Å². The first-order chi connectivity index (χ1) is 10.8. The second-order valence-electron chi connectivity index (χ2n) is 5.10. The molecular formula is C17H30O6. The smallest absolute Gasteiger partial charge is 0.333 e. The molecule has 2 unspecified atom stereocenters. The summed E-state index contributed by atoms with van der Waals surface area (Å²) in [7, 11) is 0. The van der Waals surface area contributed by atoms with E-state index in [9.17, 15) is 14.7 Å². The maximum absolute atomic E-state index is 10.8. The Labute approximate surface area is 138 Å². The molecule has 0 amide bonds. The van der Waals surface area contributed by atoms with Crippen LogP contribution in [-0.2, 0) is 19.1 Å². The van der Waals surface area contributed by atoms with Gasteiger partial charge in [-0.3, -0.25) is 0 Å². The van der Waals surface area contributed by atoms with E-state index < -0.39 is 24.1 Å². The number of hydrogen-bond acceptors (Lipinski definition) is 6. The molecule has 0 heterocycles. The van der Waals surface area contributed by atoms with Gasteiger partial charge in [-0.05, 0) is 19.8 Å². The molecule has 0 aromatic heterocycles. The van der Waals surface area contributed by atoms with E-state index in [1.165, 1.54) is 0 Å². The van der Waals surface area contributed by atoms with Gasteiger partial charge in [0, 0.05) is 11.6 Å². The van der Waals surface area contributed by atoms with Crippen LogP contribution in [0.4, 0.5) is 0 Å². The minimum absolute atomic E-state index is 0.0681. The molecular weight excluding hydrogens is 300 g/mol. The van der Waals surface area contributed by atoms with E-state index in [2.05, 4.69) is 17.9 Å². The van der Waals surface area contributed by atoms with Crippen LogP contribution < -0.4 is 0 Å². The summed E-state index contributed by atoms with van der Waals surface area (Å²) in [6.07, 6.45) is 3.08. The van der Waals surface area contributed by atoms with Crippen molar-refractivity contribution in [3.8, 4) is 0 Å². The van der Waals surface area contributed by atoms with Crippen LogP contribution in [0.15, 0.2) is 24.8 Å². The van der Waals surface area contributed by atoms with Crippen LogP contribution >= 0.6 is 0 Å². The maximum Gasteiger partial charge on any atom is 0.333 e. The van der Waals surface area contributed by atoms with Gasteiger partial charge in [-0.25, -0.2) is 9.59 Å². The number of aliphatic hydroxyl groups excluding tert-OH is 2. The van der Waals surface area contributed by atoms with Crippen molar-refractivity contribution in [1.29, 1.82) is 0 Å². The molecule has 0 rings (SSSR count). The molecule has 2 N–H and O–H groups in total. The standard InChI is InChI=1S/C9H16O3.C8H14O3/c1-4-5-8(10)6-12-9(11)7(2)3;1-3-5-7(9)6-11-8(10)4-2/h8,10H,2,4-6H2,1,3H3;4,7,9H,2-3,5-6H2,1H3. The van der Waals surface area contributed by atoms with Crippen molar-refractivity contribution in [1.82, 2.24) is 0 Å². The third-order valence-corrected chi connectivity index (χ3v) is 2.58. The lowest BCUT2D eigenvalue weighted by atomic mass is 10.2. The molecule has 0 fully saturated rings. The fourth-order valence-corrected chi connectivity index (χ4v) is 1.37. The average molecular weight is 330 g/mol. The number of esters is 2. The summed E-state index contributed by atoms with van der Waals surface area (Å²) in [5.41, 5.74) is 0.360. The van der Waals surface area contributed by atoms with Crippen molar-refractivity contribution in [3.63, 3.8) is 0 Å². The predicted molar refractivity (Wildman–Crippen MR) is 88.8 cm³/mol. The summed E-state index contributed by atoms with van der Waals surface area (Å²) in [5.74, 6) is -0.926. The monoisotopic (exact) mass is 330 g/mol. The average Bonchev–Trinajstić information content (AvgIpc) is 2.51. The summed E-state index contributed by atoms with van der Waals surface area (Å²) in [5, 5.41) is 18.3. The molecule has 134 valence electrons. The molecule has 2 atom stereocenters. The topological polar surface area (TPSA) is 93.1 Å². The molecule has 6 heteroatoms. The van der Waals surface area contributed by atoms with Gasteiger partial charge < -0.3 is 19.7 Å². The fraction of sp³-hybridized carbons (Fsp3) is 0.647. The summed E-state index contributed by atoms with van der Waals surface area (Å²) in [4.78, 5) is 21.3. The molecule has 0 radical (unpaired) electrons. The van der Waals surface area contributed by atoms with Gasteiger partial charge in [-0.15, -0.1) is 0 Å². The molecule has 0 saturated carbocycles. The summed E-state index contributed by atoms with van der Waals surface area (Å²) in [6, 6.07) is 0. The Morgan fingerprint density at radius 1 is 1.04 bits per heavy atom. The van der Waals surface area contributed by atoms with E-state index in [-0.39, 0.29) is 13.2 Å². The second kappa shape index (κ2) is 15.2. The van der Waals surface area contributed by atoms with Gasteiger partial charge in [0.05, 0.1) is 12.2 Å². The van der Waals surface area contributed by atoms with Crippen molar-refractivity contribution >= 4 is 11.9 Å². The zero-order valence-electron chi connectivity index (χ0n) is 14.4. The molecule has 0 aliphatic heterocycles. The molecule has 0 spiro atoms. The quantitative estimate of drug-likeness (QED) is 0.471. The zero-order valence-corrected chi connectivity index (χ0v) is 14.4. The molecule has 0 saturated heterocycles. The van der Waals surface area contributed by atoms with Crippen LogP contribution in [0.3, 0.4) is 0 Å². The first-order valence-electron chi connectivity index (χ1n) is 7.76. The normalized spacial score (nSPS) is 12.2. The third kappa shape index (κ3) is 16.5. The van der Waals surface area contributed by atoms with Gasteiger partial charge in [0.2, 0.25) is 0 Å². The number of carbonyl (C=O) groups is 2. The molecule has 0 bridgehead atoms. The molecule has 23 heavy (non-hydrogen) atoms. The van der Waals surface area contributed by atoms with Crippen LogP contribution in [0.1, 0.15) is 46.5 Å². The van der Waals surface area contributed by atoms with E-state index in [0.29, 0.717) is 18.4 Å². The van der Waals surface area contributed by atoms with Gasteiger partial charge in [0.25, 0.3) is 0 Å². The largest absolute Gasteiger partial charge is 0.460 e. The number of aliphatic hydroxyl groups is 2. The van der Waals surface area contributed by atoms with E-state index in [0.717, 1.165) is 18.9 Å². The summed E-state index contributed by atoms with van der Waals surface area (Å²) in [6.45, 7) is 12.3. The van der Waals surface area contributed by atoms with E-state index >= 15 is 0 Å². The molecule has 0 aromatic carbocycles. The van der Waals surface area contributed by atoms with Crippen LogP contribution in [0.2, 0.25) is 0 Å². The summed E-state index contributed by atoms with van der Waals surface area (Å²) >= 11 is 0. The fourth-order valence-electron chi connectivity index (χ4n) is 1.37. The van der Waals surface area contributed by atoms with E-state index in [1.807, 2.05) is 13.8 Å². The number of ether oxygens (including phenoxy) is 2. The SMILES string of the molecule is C=C(C)C(=O)OCC(O)CCC.C=CC(=O)OCC(O)CCC. The lowest BCUT2D eigenvalue weighted by molar-refractivity contribution is -0.142. The first-order valence-corrected chi connectivity index (χ1v) is 7.76. The highest BCUT2D eigenvalue weighted by atomic mass is 16.5. The van der Waals surface area contributed by atoms with Crippen LogP contribution in [0.5, 0.6) is 0 Å². The van der Waals surface area contributed by atoms with Crippen molar-refractivity contribution in [2.75, 3.05) is 13.2 Å². The Kier molecular flexibility index (Phi) is 15.6. The highest BCUT2D eigenvalue weighted by Gasteiger charge is 2.07. The Morgan fingerprint density at radius 2 is 1.48 bits per heavy atom. The van der Waals surface area contributed by atoms with Gasteiger partial charge in [-0.2, -0.15) is 0 Å². The van der Waals surface area contributed by atoms with Crippen molar-refractivity contribution in [3.05, 3.63) is 24.8 Å². The Balaban J connectivity index is 0. The number of hydrogen-bond donors (Lipinski definition) is 2. The van der Waals surface area contributed by atoms with Gasteiger partial charge >= 0.3 is 11.9 Å². The first kappa shape index (κ1) is 23.6. The summed E-state index contributed by atoms with van der Waals surface area (Å²) < 4.78 is 9.33. The van der Waals surface area contributed by atoms with Crippen molar-refractivity contribution in [2.45, 2.75) is 58.7 Å². The van der Waals surface area contributed by atoms with E-state index in [1.54, 1.807) is 6.92 Å².